The monoisotopic (exact) mass is 1110 g/mol. The molecular weight excluding hydrogens is 984 g/mol. The topological polar surface area (TPSA) is 0 Å². The lowest BCUT2D eigenvalue weighted by atomic mass is 9.63. The number of hydrogen-bond donors (Lipinski definition) is 0. The molecule has 2 aromatic carbocycles. The molecule has 0 aromatic heterocycles. The molecule has 3 rings (SSSR count). The number of benzene rings is 2. The van der Waals surface area contributed by atoms with Crippen molar-refractivity contribution in [1.29, 1.82) is 0 Å². The van der Waals surface area contributed by atoms with Crippen LogP contribution >= 0.6 is 60.2 Å². The standard InChI is InChI=1S/C65H127BS6/c1-40(2)67(41(3)4,42(5)6)58-36-60(68(43(7)8,44(9)10)45(11)12)64(61(37-58)69(46(13)14,47(15)16)48(17)18)66-65-62(70(49(19)20,50(21)22)51(23)24)38-59-39-63(65)72(54(29)30,55(31)32)57(34)35-56(33)71(59,52(25)26)53(27)28/h36-57,66H,35H2,1-34H3. The van der Waals surface area contributed by atoms with Crippen LogP contribution in [-0.2, 0) is 0 Å². The van der Waals surface area contributed by atoms with Gasteiger partial charge in [0.15, 0.2) is 7.28 Å². The first kappa shape index (κ1) is 66.9. The Bertz CT molecular complexity index is 1920. The van der Waals surface area contributed by atoms with Crippen molar-refractivity contribution in [3.63, 3.8) is 0 Å². The Balaban J connectivity index is 3.32. The summed E-state index contributed by atoms with van der Waals surface area (Å²) in [6.45, 7) is 90.3. The van der Waals surface area contributed by atoms with Gasteiger partial charge in [-0.2, -0.15) is 0 Å². The van der Waals surface area contributed by atoms with Gasteiger partial charge in [0.05, 0.1) is 0 Å². The lowest BCUT2D eigenvalue weighted by Gasteiger charge is -2.62. The van der Waals surface area contributed by atoms with E-state index < -0.39 is 60.2 Å². The van der Waals surface area contributed by atoms with E-state index in [9.17, 15) is 0 Å². The van der Waals surface area contributed by atoms with E-state index in [1.807, 2.05) is 30.5 Å². The number of rotatable bonds is 22. The fraction of sp³-hybridized carbons (Fsp3) is 0.815. The van der Waals surface area contributed by atoms with Gasteiger partial charge in [0.1, 0.15) is 0 Å². The lowest BCUT2D eigenvalue weighted by Crippen LogP contribution is -2.47. The molecule has 0 amide bonds. The molecule has 0 nitrogen and oxygen atoms in total. The number of fused-ring (bicyclic) bond motifs is 2. The van der Waals surface area contributed by atoms with Crippen molar-refractivity contribution in [2.75, 3.05) is 0 Å². The highest BCUT2D eigenvalue weighted by molar-refractivity contribution is 8.38. The summed E-state index contributed by atoms with van der Waals surface area (Å²) in [5, 5.41) is 10.5. The molecule has 0 radical (unpaired) electrons. The van der Waals surface area contributed by atoms with Crippen LogP contribution in [0.2, 0.25) is 0 Å². The summed E-state index contributed by atoms with van der Waals surface area (Å²) in [6.07, 6.45) is 1.34. The molecule has 2 aromatic rings. The minimum absolute atomic E-state index is 0.555. The van der Waals surface area contributed by atoms with Gasteiger partial charge in [-0.3, -0.25) is 0 Å². The Morgan fingerprint density at radius 2 is 0.583 bits per heavy atom. The van der Waals surface area contributed by atoms with Crippen LogP contribution in [-0.4, -0.2) is 102 Å². The van der Waals surface area contributed by atoms with E-state index in [1.54, 1.807) is 9.79 Å². The molecule has 2 atom stereocenters. The Morgan fingerprint density at radius 1 is 0.333 bits per heavy atom. The highest BCUT2D eigenvalue weighted by Crippen LogP contribution is 2.78. The molecule has 1 aliphatic heterocycles. The van der Waals surface area contributed by atoms with Crippen LogP contribution in [0.3, 0.4) is 0 Å². The molecule has 0 saturated carbocycles. The van der Waals surface area contributed by atoms with Crippen LogP contribution in [0.5, 0.6) is 0 Å². The Morgan fingerprint density at radius 3 is 0.833 bits per heavy atom. The van der Waals surface area contributed by atoms with E-state index in [1.165, 1.54) is 6.42 Å². The van der Waals surface area contributed by atoms with E-state index in [0.717, 1.165) is 7.28 Å². The zero-order chi connectivity index (χ0) is 56.3. The van der Waals surface area contributed by atoms with Gasteiger partial charge in [-0.1, -0.05) is 246 Å². The van der Waals surface area contributed by atoms with Gasteiger partial charge >= 0.3 is 0 Å². The van der Waals surface area contributed by atoms with Crippen LogP contribution in [0, 0.1) is 0 Å². The molecule has 0 saturated heterocycles. The third-order valence-corrected chi connectivity index (χ3v) is 54.1. The summed E-state index contributed by atoms with van der Waals surface area (Å²) in [4.78, 5) is 10.9. The van der Waals surface area contributed by atoms with Crippen LogP contribution in [0.25, 0.3) is 0 Å². The highest BCUT2D eigenvalue weighted by Gasteiger charge is 2.52. The predicted molar refractivity (Wildman–Crippen MR) is 360 cm³/mol. The Kier molecular flexibility index (Phi) is 22.8. The second-order valence-electron chi connectivity index (χ2n) is 27.2. The van der Waals surface area contributed by atoms with Crippen molar-refractivity contribution in [2.45, 2.75) is 366 Å². The molecule has 0 N–H and O–H groups in total. The molecule has 0 fully saturated rings. The van der Waals surface area contributed by atoms with Crippen molar-refractivity contribution >= 4 is 78.4 Å². The summed E-state index contributed by atoms with van der Waals surface area (Å²) in [5.41, 5.74) is 3.63. The molecule has 7 heteroatoms. The average molecular weight is 1110 g/mol. The van der Waals surface area contributed by atoms with Crippen LogP contribution < -0.4 is 10.9 Å². The smallest absolute Gasteiger partial charge is 0.197 e. The molecule has 1 aliphatic rings. The van der Waals surface area contributed by atoms with E-state index in [4.69, 9.17) is 0 Å². The number of hydrogen-bond acceptors (Lipinski definition) is 0. The molecular formula is C65H127BS6. The van der Waals surface area contributed by atoms with Gasteiger partial charge < -0.3 is 0 Å². The van der Waals surface area contributed by atoms with Gasteiger partial charge in [0, 0.05) is 0 Å². The molecule has 426 valence electrons. The van der Waals surface area contributed by atoms with Crippen LogP contribution in [0.4, 0.5) is 0 Å². The quantitative estimate of drug-likeness (QED) is 0.103. The van der Waals surface area contributed by atoms with Gasteiger partial charge in [-0.25, -0.2) is 60.2 Å². The first-order valence-corrected chi connectivity index (χ1v) is 40.9. The van der Waals surface area contributed by atoms with Crippen LogP contribution in [0.1, 0.15) is 242 Å². The third kappa shape index (κ3) is 10.0. The lowest BCUT2D eigenvalue weighted by molar-refractivity contribution is 0.746. The summed E-state index contributed by atoms with van der Waals surface area (Å²) in [6, 6.07) is 12.1. The maximum atomic E-state index is 3.04. The molecule has 0 aliphatic carbocycles. The molecule has 72 heavy (non-hydrogen) atoms. The fourth-order valence-electron chi connectivity index (χ4n) is 18.3. The fourth-order valence-corrected chi connectivity index (χ4v) is 53.2. The maximum Gasteiger partial charge on any atom is 0.197 e. The molecule has 0 spiro atoms. The average Bonchev–Trinajstić information content (AvgIpc) is 3.18. The van der Waals surface area contributed by atoms with E-state index in [2.05, 4.69) is 260 Å². The molecule has 2 unspecified atom stereocenters. The zero-order valence-corrected chi connectivity index (χ0v) is 59.5. The zero-order valence-electron chi connectivity index (χ0n) is 54.6. The minimum atomic E-state index is -1.40. The minimum Gasteiger partial charge on any atom is -0.208 e. The van der Waals surface area contributed by atoms with Gasteiger partial charge in [-0.15, -0.1) is 0 Å². The van der Waals surface area contributed by atoms with Gasteiger partial charge in [0.2, 0.25) is 0 Å². The van der Waals surface area contributed by atoms with Crippen molar-refractivity contribution in [3.8, 4) is 0 Å². The third-order valence-electron chi connectivity index (χ3n) is 19.5. The highest BCUT2D eigenvalue weighted by atomic mass is 32.3. The van der Waals surface area contributed by atoms with Crippen molar-refractivity contribution in [3.05, 3.63) is 24.3 Å². The molecule has 1 heterocycles. The second kappa shape index (κ2) is 24.5. The Labute approximate surface area is 464 Å². The summed E-state index contributed by atoms with van der Waals surface area (Å²) >= 11 is 0. The Hall–Kier alpha value is 0.605. The van der Waals surface area contributed by atoms with E-state index in [0.29, 0.717) is 94.5 Å². The van der Waals surface area contributed by atoms with Crippen molar-refractivity contribution in [2.24, 2.45) is 0 Å². The van der Waals surface area contributed by atoms with Crippen molar-refractivity contribution in [1.82, 2.24) is 0 Å². The summed E-state index contributed by atoms with van der Waals surface area (Å²) < 4.78 is 0. The van der Waals surface area contributed by atoms with E-state index >= 15 is 0 Å². The summed E-state index contributed by atoms with van der Waals surface area (Å²) in [5.74, 6) is 0. The largest absolute Gasteiger partial charge is 0.208 e. The second-order valence-corrected chi connectivity index (χ2v) is 55.7. The SMILES string of the molecule is CC(C)S(c1cc(S(C(C)C)(C(C)C)C(C)C)c(Bc2c(S(C(C)C)(C(C)C)C(C)C)cc3cc2S(C(C)C)(C(C)C)C(C)CC(C)S3(C(C)C)C(C)C)c(S(C(C)C)(C(C)C)C(C)C)c1)(C(C)C)C(C)C. The summed E-state index contributed by atoms with van der Waals surface area (Å²) in [7, 11) is -6.96. The normalized spacial score (nSPS) is 20.4. The van der Waals surface area contributed by atoms with Crippen LogP contribution in [0.15, 0.2) is 53.6 Å². The van der Waals surface area contributed by atoms with Crippen molar-refractivity contribution < 1.29 is 0 Å². The van der Waals surface area contributed by atoms with Gasteiger partial charge in [-0.05, 0) is 155 Å². The van der Waals surface area contributed by atoms with Gasteiger partial charge in [0.25, 0.3) is 0 Å². The molecule has 2 bridgehead atoms. The first-order valence-electron chi connectivity index (χ1n) is 29.9. The van der Waals surface area contributed by atoms with E-state index in [-0.39, 0.29) is 0 Å². The predicted octanol–water partition coefficient (Wildman–Crippen LogP) is 20.8. The first-order chi connectivity index (χ1) is 32.8. The maximum absolute atomic E-state index is 3.04.